The zero-order chi connectivity index (χ0) is 44.9. The molecule has 14 heteroatoms. The molecule has 5 aliphatic heterocycles. The Morgan fingerprint density at radius 2 is 1.71 bits per heavy atom. The van der Waals surface area contributed by atoms with Gasteiger partial charge >= 0.3 is 12.1 Å². The van der Waals surface area contributed by atoms with Crippen molar-refractivity contribution in [2.75, 3.05) is 37.7 Å². The van der Waals surface area contributed by atoms with Crippen LogP contribution in [-0.2, 0) is 4.74 Å². The van der Waals surface area contributed by atoms with Gasteiger partial charge in [0.2, 0.25) is 0 Å². The Morgan fingerprint density at radius 3 is 2.43 bits per heavy atom. The minimum absolute atomic E-state index is 0.0482. The molecule has 0 N–H and O–H groups in total. The first kappa shape index (κ1) is 43.6. The summed E-state index contributed by atoms with van der Waals surface area (Å²) in [6.45, 7) is 20.0. The van der Waals surface area contributed by atoms with E-state index >= 15 is 13.2 Å². The molecule has 4 fully saturated rings. The first-order valence-corrected chi connectivity index (χ1v) is 25.0. The molecule has 1 aromatic heterocycles. The maximum atomic E-state index is 17.9. The molecule has 0 saturated carbocycles. The molecule has 3 aromatic carbocycles. The normalized spacial score (nSPS) is 24.5. The van der Waals surface area contributed by atoms with Crippen LogP contribution < -0.4 is 14.4 Å². The molecule has 0 aliphatic carbocycles. The summed E-state index contributed by atoms with van der Waals surface area (Å²) in [4.78, 5) is 29.2. The van der Waals surface area contributed by atoms with Crippen LogP contribution >= 0.6 is 0 Å². The fraction of sp³-hybridized carbons (Fsp3) is 0.571. The zero-order valence-corrected chi connectivity index (χ0v) is 38.9. The summed E-state index contributed by atoms with van der Waals surface area (Å²) in [7, 11) is -2.36. The molecule has 9 rings (SSSR count). The molecule has 3 unspecified atom stereocenters. The first-order valence-electron chi connectivity index (χ1n) is 22.7. The molecule has 9 nitrogen and oxygen atoms in total. The van der Waals surface area contributed by atoms with Gasteiger partial charge in [-0.2, -0.15) is 9.97 Å². The summed E-state index contributed by atoms with van der Waals surface area (Å²) >= 11 is 0. The molecular weight excluding hydrogens is 827 g/mol. The van der Waals surface area contributed by atoms with E-state index in [4.69, 9.17) is 19.2 Å². The van der Waals surface area contributed by atoms with Crippen LogP contribution in [0.25, 0.3) is 32.8 Å². The van der Waals surface area contributed by atoms with Crippen LogP contribution in [0.1, 0.15) is 100.0 Å². The number of anilines is 1. The van der Waals surface area contributed by atoms with Crippen LogP contribution in [0.2, 0.25) is 16.6 Å². The van der Waals surface area contributed by atoms with E-state index in [2.05, 4.69) is 62.9 Å². The van der Waals surface area contributed by atoms with E-state index in [1.54, 1.807) is 29.2 Å². The number of alkyl halides is 1. The van der Waals surface area contributed by atoms with Gasteiger partial charge in [-0.25, -0.2) is 22.4 Å². The van der Waals surface area contributed by atoms with Gasteiger partial charge < -0.3 is 19.1 Å². The van der Waals surface area contributed by atoms with E-state index in [0.29, 0.717) is 37.7 Å². The molecule has 1 amide bonds. The lowest BCUT2D eigenvalue weighted by Crippen LogP contribution is -2.63. The lowest BCUT2D eigenvalue weighted by molar-refractivity contribution is 0.00537. The second kappa shape index (κ2) is 15.8. The summed E-state index contributed by atoms with van der Waals surface area (Å²) < 4.78 is 85.6. The maximum Gasteiger partial charge on any atom is 0.410 e. The lowest BCUT2D eigenvalue weighted by Gasteiger charge is -2.46. The van der Waals surface area contributed by atoms with Gasteiger partial charge in [-0.1, -0.05) is 71.7 Å². The standard InChI is InChI=1S/C49H59F4N5O4Si/c1-27(2)63(28(3)4,29(5)6)21-18-33-35(51)16-14-30-12-10-13-34(38(30)33)39-41(52)43-40-44(42(39)53)60-25-37-36-17-15-32(58(36)47(59)62-48(7,8)9)24-57(37)45(40)55-46(54-43)61-26-49-19-11-20-56(49)23-31(50)22-49/h10,12-14,16,27-29,31-32,36-37H,11,15,17,19-20,22-26H2,1-9H3/t31-,32?,36?,37?,49+/m1/s1. The van der Waals surface area contributed by atoms with Crippen molar-refractivity contribution in [1.82, 2.24) is 19.8 Å². The van der Waals surface area contributed by atoms with Crippen molar-refractivity contribution in [3.8, 4) is 34.4 Å². The Balaban J connectivity index is 1.23. The molecule has 63 heavy (non-hydrogen) atoms. The third-order valence-corrected chi connectivity index (χ3v) is 21.1. The second-order valence-corrected chi connectivity index (χ2v) is 26.0. The quantitative estimate of drug-likeness (QED) is 0.103. The number of piperazine rings is 1. The smallest absolute Gasteiger partial charge is 0.410 e. The first-order chi connectivity index (χ1) is 29.8. The van der Waals surface area contributed by atoms with Gasteiger partial charge in [0.15, 0.2) is 17.4 Å². The van der Waals surface area contributed by atoms with Gasteiger partial charge in [0.1, 0.15) is 50.2 Å². The van der Waals surface area contributed by atoms with Gasteiger partial charge in [0, 0.05) is 24.9 Å². The molecule has 0 radical (unpaired) electrons. The number of fused-ring (bicyclic) bond motifs is 7. The largest absolute Gasteiger partial charge is 0.487 e. The molecule has 6 heterocycles. The zero-order valence-electron chi connectivity index (χ0n) is 37.9. The fourth-order valence-electron chi connectivity index (χ4n) is 12.1. The highest BCUT2D eigenvalue weighted by Crippen LogP contribution is 2.50. The molecule has 2 bridgehead atoms. The fourth-order valence-corrected chi connectivity index (χ4v) is 17.3. The molecule has 0 spiro atoms. The number of nitrogens with zero attached hydrogens (tertiary/aromatic N) is 5. The summed E-state index contributed by atoms with van der Waals surface area (Å²) in [5.74, 6) is 0.740. The molecule has 4 aromatic rings. The Morgan fingerprint density at radius 1 is 0.968 bits per heavy atom. The van der Waals surface area contributed by atoms with E-state index in [1.165, 1.54) is 6.07 Å². The van der Waals surface area contributed by atoms with E-state index in [1.807, 2.05) is 25.7 Å². The van der Waals surface area contributed by atoms with Crippen molar-refractivity contribution in [2.24, 2.45) is 0 Å². The maximum absolute atomic E-state index is 17.9. The lowest BCUT2D eigenvalue weighted by atomic mass is 9.92. The van der Waals surface area contributed by atoms with Gasteiger partial charge in [-0.3, -0.25) is 9.80 Å². The number of benzene rings is 3. The van der Waals surface area contributed by atoms with Crippen LogP contribution in [0.5, 0.6) is 11.8 Å². The number of amides is 1. The predicted octanol–water partition coefficient (Wildman–Crippen LogP) is 10.7. The summed E-state index contributed by atoms with van der Waals surface area (Å²) in [5.41, 5.74) is 2.72. The van der Waals surface area contributed by atoms with Crippen LogP contribution in [0.15, 0.2) is 30.3 Å². The number of aromatic nitrogens is 2. The van der Waals surface area contributed by atoms with E-state index in [-0.39, 0.29) is 86.9 Å². The molecular formula is C49H59F4N5O4Si. The SMILES string of the molecule is CC(C)[Si](C#Cc1c(F)ccc2cccc(-c3c(F)c4c5c(nc(OC[C@@]67CCCN6C[C@H](F)C7)nc5c3F)N3CC5CCC(C3CO4)N5C(=O)OC(C)(C)C)c12)(C(C)C)C(C)C. The van der Waals surface area contributed by atoms with Crippen LogP contribution in [0.3, 0.4) is 0 Å². The van der Waals surface area contributed by atoms with Gasteiger partial charge in [0.05, 0.1) is 40.2 Å². The Bertz CT molecular complexity index is 2530. The highest BCUT2D eigenvalue weighted by atomic mass is 28.3. The average molecular weight is 886 g/mol. The third-order valence-electron chi connectivity index (χ3n) is 14.8. The van der Waals surface area contributed by atoms with Crippen molar-refractivity contribution >= 4 is 41.7 Å². The summed E-state index contributed by atoms with van der Waals surface area (Å²) in [5, 5.41) is 0.908. The van der Waals surface area contributed by atoms with E-state index in [9.17, 15) is 9.18 Å². The van der Waals surface area contributed by atoms with Crippen LogP contribution in [0.4, 0.5) is 28.2 Å². The van der Waals surface area contributed by atoms with Crippen molar-refractivity contribution in [3.05, 3.63) is 53.3 Å². The Hall–Kier alpha value is -4.61. The topological polar surface area (TPSA) is 80.3 Å². The highest BCUT2D eigenvalue weighted by molar-refractivity contribution is 6.90. The third kappa shape index (κ3) is 7.11. The van der Waals surface area contributed by atoms with Crippen LogP contribution in [0, 0.1) is 28.9 Å². The number of carbonyl (C=O) groups is 1. The molecule has 4 saturated heterocycles. The number of hydrogen-bond donors (Lipinski definition) is 0. The minimum Gasteiger partial charge on any atom is -0.487 e. The Kier molecular flexibility index (Phi) is 11.0. The van der Waals surface area contributed by atoms with Gasteiger partial charge in [0.25, 0.3) is 0 Å². The predicted molar refractivity (Wildman–Crippen MR) is 240 cm³/mol. The van der Waals surface area contributed by atoms with Crippen molar-refractivity contribution in [1.29, 1.82) is 0 Å². The van der Waals surface area contributed by atoms with E-state index < -0.39 is 60.5 Å². The summed E-state index contributed by atoms with van der Waals surface area (Å²) in [6, 6.07) is 6.76. The minimum atomic E-state index is -2.36. The van der Waals surface area contributed by atoms with Crippen molar-refractivity contribution in [2.45, 2.75) is 146 Å². The molecule has 5 atom stereocenters. The number of hydrogen-bond acceptors (Lipinski definition) is 8. The monoisotopic (exact) mass is 885 g/mol. The number of rotatable bonds is 7. The molecule has 336 valence electrons. The summed E-state index contributed by atoms with van der Waals surface area (Å²) in [6.07, 6.45) is 1.87. The Labute approximate surface area is 368 Å². The van der Waals surface area contributed by atoms with Crippen molar-refractivity contribution < 1.29 is 36.6 Å². The van der Waals surface area contributed by atoms with Crippen LogP contribution in [-0.4, -0.2) is 102 Å². The number of carbonyl (C=O) groups excluding carboxylic acids is 1. The number of halogens is 4. The van der Waals surface area contributed by atoms with E-state index in [0.717, 1.165) is 19.4 Å². The van der Waals surface area contributed by atoms with Gasteiger partial charge in [-0.15, -0.1) is 5.54 Å². The van der Waals surface area contributed by atoms with Gasteiger partial charge in [-0.05, 0) is 86.6 Å². The highest BCUT2D eigenvalue weighted by Gasteiger charge is 2.53. The van der Waals surface area contributed by atoms with Crippen molar-refractivity contribution in [3.63, 3.8) is 0 Å². The molecule has 5 aliphatic rings. The average Bonchev–Trinajstić information content (AvgIpc) is 3.81. The second-order valence-electron chi connectivity index (χ2n) is 20.4. The number of ether oxygens (including phenoxy) is 3.